The lowest BCUT2D eigenvalue weighted by atomic mass is 10.0. The standard InChI is InChI=1S/C39H44N8O5/c1-45(22-25-7-6-10-28(21-25)40-32-15-16-34(48)41-38(32)50)29-17-19-46(20-18-29)30-13-11-27(12-14-30)37(49)42-36-31-23-47(24-33(31)43-44-36)39(51)35(52-2)26-8-4-3-5-9-26/h3-14,21,29,32,35,40H,15-20,22-24H2,1-2H3,(H,41,48,50)(H2,42,43,44,49)/t32?,35-/m1/s1. The van der Waals surface area contributed by atoms with E-state index >= 15 is 0 Å². The van der Waals surface area contributed by atoms with Crippen molar-refractivity contribution in [3.05, 3.63) is 107 Å². The Morgan fingerprint density at radius 1 is 0.981 bits per heavy atom. The van der Waals surface area contributed by atoms with Crippen LogP contribution in [0.15, 0.2) is 78.9 Å². The van der Waals surface area contributed by atoms with Gasteiger partial charge in [0.05, 0.1) is 18.8 Å². The van der Waals surface area contributed by atoms with Gasteiger partial charge in [-0.25, -0.2) is 0 Å². The van der Waals surface area contributed by atoms with E-state index in [-0.39, 0.29) is 23.6 Å². The van der Waals surface area contributed by atoms with Crippen LogP contribution >= 0.6 is 0 Å². The van der Waals surface area contributed by atoms with Crippen LogP contribution in [0.5, 0.6) is 0 Å². The third-order valence-corrected chi connectivity index (χ3v) is 10.3. The van der Waals surface area contributed by atoms with Gasteiger partial charge >= 0.3 is 0 Å². The molecule has 13 heteroatoms. The summed E-state index contributed by atoms with van der Waals surface area (Å²) in [6, 6.07) is 25.2. The van der Waals surface area contributed by atoms with Gasteiger partial charge in [0, 0.05) is 61.7 Å². The van der Waals surface area contributed by atoms with Gasteiger partial charge in [-0.1, -0.05) is 42.5 Å². The van der Waals surface area contributed by atoms with Crippen molar-refractivity contribution >= 4 is 40.8 Å². The van der Waals surface area contributed by atoms with Crippen molar-refractivity contribution in [3.63, 3.8) is 0 Å². The van der Waals surface area contributed by atoms with Crippen LogP contribution in [0.1, 0.15) is 64.5 Å². The summed E-state index contributed by atoms with van der Waals surface area (Å²) in [7, 11) is 3.68. The van der Waals surface area contributed by atoms with Crippen LogP contribution < -0.4 is 20.9 Å². The van der Waals surface area contributed by atoms with Crippen molar-refractivity contribution in [1.82, 2.24) is 25.3 Å². The summed E-state index contributed by atoms with van der Waals surface area (Å²) in [5.74, 6) is -0.474. The van der Waals surface area contributed by atoms with Crippen LogP contribution in [-0.2, 0) is 38.8 Å². The summed E-state index contributed by atoms with van der Waals surface area (Å²) in [5.41, 5.74) is 6.02. The SMILES string of the molecule is CO[C@@H](C(=O)N1Cc2[nH]nc(NC(=O)c3ccc(N4CCC(N(C)Cc5cccc(NC6CCC(=O)NC6=O)c5)CC4)cc3)c2C1)c1ccccc1. The number of H-pyrrole nitrogens is 1. The van der Waals surface area contributed by atoms with Crippen molar-refractivity contribution < 1.29 is 23.9 Å². The second-order valence-electron chi connectivity index (χ2n) is 13.7. The van der Waals surface area contributed by atoms with Crippen LogP contribution in [0.25, 0.3) is 0 Å². The molecule has 270 valence electrons. The number of piperidine rings is 2. The van der Waals surface area contributed by atoms with Crippen LogP contribution in [-0.4, -0.2) is 83.0 Å². The molecule has 0 spiro atoms. The molecule has 52 heavy (non-hydrogen) atoms. The van der Waals surface area contributed by atoms with Crippen LogP contribution in [0.2, 0.25) is 0 Å². The number of carbonyl (C=O) groups excluding carboxylic acids is 4. The van der Waals surface area contributed by atoms with E-state index in [1.54, 1.807) is 4.90 Å². The molecule has 13 nitrogen and oxygen atoms in total. The number of hydrogen-bond acceptors (Lipinski definition) is 9. The Labute approximate surface area is 302 Å². The van der Waals surface area contributed by atoms with Gasteiger partial charge in [-0.15, -0.1) is 0 Å². The van der Waals surface area contributed by atoms with Crippen molar-refractivity contribution in [1.29, 1.82) is 0 Å². The number of methoxy groups -OCH3 is 1. The first kappa shape index (κ1) is 34.9. The van der Waals surface area contributed by atoms with Gasteiger partial charge in [0.1, 0.15) is 6.04 Å². The highest BCUT2D eigenvalue weighted by Crippen LogP contribution is 2.31. The van der Waals surface area contributed by atoms with Crippen LogP contribution in [0.4, 0.5) is 17.2 Å². The topological polar surface area (TPSA) is 152 Å². The van der Waals surface area contributed by atoms with Gasteiger partial charge in [-0.3, -0.25) is 34.5 Å². The molecule has 4 amide bonds. The van der Waals surface area contributed by atoms with Crippen LogP contribution in [0, 0.1) is 0 Å². The van der Waals surface area contributed by atoms with Crippen molar-refractivity contribution in [2.24, 2.45) is 0 Å². The number of aromatic nitrogens is 2. The molecule has 2 atom stereocenters. The van der Waals surface area contributed by atoms with Gasteiger partial charge in [-0.05, 0) is 73.8 Å². The number of hydrogen-bond donors (Lipinski definition) is 4. The zero-order chi connectivity index (χ0) is 36.2. The van der Waals surface area contributed by atoms with E-state index in [1.807, 2.05) is 66.7 Å². The highest BCUT2D eigenvalue weighted by atomic mass is 16.5. The maximum absolute atomic E-state index is 13.3. The maximum Gasteiger partial charge on any atom is 0.256 e. The highest BCUT2D eigenvalue weighted by molar-refractivity contribution is 6.04. The molecule has 4 heterocycles. The Morgan fingerprint density at radius 3 is 2.48 bits per heavy atom. The Kier molecular flexibility index (Phi) is 10.3. The lowest BCUT2D eigenvalue weighted by Crippen LogP contribution is -2.47. The van der Waals surface area contributed by atoms with Crippen LogP contribution in [0.3, 0.4) is 0 Å². The van der Waals surface area contributed by atoms with Crippen molar-refractivity contribution in [2.75, 3.05) is 42.8 Å². The minimum atomic E-state index is -0.707. The van der Waals surface area contributed by atoms with E-state index < -0.39 is 12.1 Å². The molecule has 7 rings (SSSR count). The van der Waals surface area contributed by atoms with Gasteiger partial charge in [0.15, 0.2) is 11.9 Å². The summed E-state index contributed by atoms with van der Waals surface area (Å²) in [6.07, 6.45) is 2.14. The molecule has 0 aliphatic carbocycles. The molecule has 0 bridgehead atoms. The van der Waals surface area contributed by atoms with E-state index in [0.717, 1.165) is 66.2 Å². The molecular weight excluding hydrogens is 660 g/mol. The van der Waals surface area contributed by atoms with E-state index in [4.69, 9.17) is 4.74 Å². The maximum atomic E-state index is 13.3. The Bertz CT molecular complexity index is 1920. The largest absolute Gasteiger partial charge is 0.374 e. The number of ether oxygens (including phenoxy) is 1. The first-order valence-electron chi connectivity index (χ1n) is 17.7. The molecule has 3 aliphatic heterocycles. The minimum Gasteiger partial charge on any atom is -0.374 e. The fraction of sp³-hybridized carbons (Fsp3) is 0.359. The molecule has 3 aliphatic rings. The first-order valence-corrected chi connectivity index (χ1v) is 17.7. The average Bonchev–Trinajstić information content (AvgIpc) is 3.76. The third-order valence-electron chi connectivity index (χ3n) is 10.3. The molecular formula is C39H44N8O5. The van der Waals surface area contributed by atoms with E-state index in [9.17, 15) is 19.2 Å². The summed E-state index contributed by atoms with van der Waals surface area (Å²) < 4.78 is 5.55. The normalized spacial score (nSPS) is 18.2. The second-order valence-corrected chi connectivity index (χ2v) is 13.7. The van der Waals surface area contributed by atoms with E-state index in [0.29, 0.717) is 43.4 Å². The fourth-order valence-electron chi connectivity index (χ4n) is 7.35. The fourth-order valence-corrected chi connectivity index (χ4v) is 7.35. The van der Waals surface area contributed by atoms with E-state index in [1.165, 1.54) is 7.11 Å². The van der Waals surface area contributed by atoms with Gasteiger partial charge in [0.25, 0.3) is 11.8 Å². The zero-order valence-electron chi connectivity index (χ0n) is 29.4. The summed E-state index contributed by atoms with van der Waals surface area (Å²) in [5, 5.41) is 15.9. The van der Waals surface area contributed by atoms with Gasteiger partial charge in [-0.2, -0.15) is 5.10 Å². The number of rotatable bonds is 11. The van der Waals surface area contributed by atoms with Gasteiger partial charge < -0.3 is 25.2 Å². The Morgan fingerprint density at radius 2 is 1.75 bits per heavy atom. The molecule has 1 unspecified atom stereocenters. The molecule has 2 saturated heterocycles. The number of fused-ring (bicyclic) bond motifs is 1. The van der Waals surface area contributed by atoms with Crippen molar-refractivity contribution in [3.8, 4) is 0 Å². The number of nitrogens with zero attached hydrogens (tertiary/aromatic N) is 4. The van der Waals surface area contributed by atoms with E-state index in [2.05, 4.69) is 55.1 Å². The molecule has 0 saturated carbocycles. The van der Waals surface area contributed by atoms with Crippen molar-refractivity contribution in [2.45, 2.75) is 63.5 Å². The molecule has 0 radical (unpaired) electrons. The monoisotopic (exact) mass is 704 g/mol. The minimum absolute atomic E-state index is 0.145. The first-order chi connectivity index (χ1) is 25.2. The number of amides is 4. The molecule has 4 N–H and O–H groups in total. The Balaban J connectivity index is 0.889. The lowest BCUT2D eigenvalue weighted by Gasteiger charge is -2.38. The number of carbonyl (C=O) groups is 4. The number of anilines is 3. The predicted molar refractivity (Wildman–Crippen MR) is 196 cm³/mol. The number of aromatic amines is 1. The summed E-state index contributed by atoms with van der Waals surface area (Å²) in [6.45, 7) is 3.28. The molecule has 3 aromatic carbocycles. The Hall–Kier alpha value is -5.53. The number of benzene rings is 3. The lowest BCUT2D eigenvalue weighted by molar-refractivity contribution is -0.143. The predicted octanol–water partition coefficient (Wildman–Crippen LogP) is 4.21. The van der Waals surface area contributed by atoms with Gasteiger partial charge in [0.2, 0.25) is 11.8 Å². The molecule has 4 aromatic rings. The molecule has 2 fully saturated rings. The number of nitrogens with one attached hydrogen (secondary N) is 4. The average molecular weight is 705 g/mol. The second kappa shape index (κ2) is 15.4. The smallest absolute Gasteiger partial charge is 0.256 e. The summed E-state index contributed by atoms with van der Waals surface area (Å²) in [4.78, 5) is 56.7. The number of imide groups is 1. The highest BCUT2D eigenvalue weighted by Gasteiger charge is 2.34. The molecule has 1 aromatic heterocycles. The zero-order valence-corrected chi connectivity index (χ0v) is 29.4. The quantitative estimate of drug-likeness (QED) is 0.168. The summed E-state index contributed by atoms with van der Waals surface area (Å²) >= 11 is 0. The third kappa shape index (κ3) is 7.70.